The number of fused-ring (bicyclic) bond motifs is 1. The molecule has 0 spiro atoms. The standard InChI is InChI=1S/C7H10N2S/c1-5-6-3-2-4-9(6)7(10)8-5/h2-4H2,1H3,(H,8,10). The number of hydrogen-bond acceptors (Lipinski definition) is 1. The minimum absolute atomic E-state index is 0.894. The van der Waals surface area contributed by atoms with Gasteiger partial charge in [-0.05, 0) is 32.0 Å². The molecule has 1 aliphatic rings. The first-order chi connectivity index (χ1) is 4.79. The molecule has 0 atom stereocenters. The monoisotopic (exact) mass is 154 g/mol. The van der Waals surface area contributed by atoms with Crippen molar-refractivity contribution in [2.75, 3.05) is 0 Å². The summed E-state index contributed by atoms with van der Waals surface area (Å²) >= 11 is 5.11. The van der Waals surface area contributed by atoms with Crippen LogP contribution in [0.15, 0.2) is 0 Å². The van der Waals surface area contributed by atoms with Crippen LogP contribution in [0.4, 0.5) is 0 Å². The zero-order valence-corrected chi connectivity index (χ0v) is 6.79. The average Bonchev–Trinajstić information content (AvgIpc) is 2.39. The van der Waals surface area contributed by atoms with Crippen molar-refractivity contribution >= 4 is 12.2 Å². The second-order valence-electron chi connectivity index (χ2n) is 2.76. The number of aryl methyl sites for hydroxylation is 1. The van der Waals surface area contributed by atoms with E-state index >= 15 is 0 Å². The van der Waals surface area contributed by atoms with Gasteiger partial charge in [-0.15, -0.1) is 0 Å². The normalized spacial score (nSPS) is 15.7. The number of hydrogen-bond donors (Lipinski definition) is 1. The van der Waals surface area contributed by atoms with Crippen LogP contribution in [0.1, 0.15) is 17.8 Å². The van der Waals surface area contributed by atoms with E-state index in [9.17, 15) is 0 Å². The van der Waals surface area contributed by atoms with E-state index < -0.39 is 0 Å². The Kier molecular flexibility index (Phi) is 1.20. The van der Waals surface area contributed by atoms with E-state index in [1.54, 1.807) is 0 Å². The number of H-pyrrole nitrogens is 1. The van der Waals surface area contributed by atoms with E-state index in [0.29, 0.717) is 0 Å². The molecule has 1 N–H and O–H groups in total. The summed E-state index contributed by atoms with van der Waals surface area (Å²) in [6.07, 6.45) is 2.45. The van der Waals surface area contributed by atoms with Gasteiger partial charge in [-0.1, -0.05) is 0 Å². The molecule has 0 amide bonds. The van der Waals surface area contributed by atoms with Gasteiger partial charge in [0.1, 0.15) is 0 Å². The predicted octanol–water partition coefficient (Wildman–Crippen LogP) is 1.80. The van der Waals surface area contributed by atoms with Gasteiger partial charge < -0.3 is 9.55 Å². The Morgan fingerprint density at radius 1 is 1.60 bits per heavy atom. The van der Waals surface area contributed by atoms with E-state index in [-0.39, 0.29) is 0 Å². The quantitative estimate of drug-likeness (QED) is 0.565. The Labute approximate surface area is 64.9 Å². The van der Waals surface area contributed by atoms with Crippen LogP contribution in [0.3, 0.4) is 0 Å². The molecule has 54 valence electrons. The minimum Gasteiger partial charge on any atom is -0.335 e. The third-order valence-corrected chi connectivity index (χ3v) is 2.42. The van der Waals surface area contributed by atoms with E-state index in [1.165, 1.54) is 24.2 Å². The summed E-state index contributed by atoms with van der Waals surface area (Å²) in [5.74, 6) is 0. The highest BCUT2D eigenvalue weighted by atomic mass is 32.1. The van der Waals surface area contributed by atoms with E-state index in [1.807, 2.05) is 0 Å². The second kappa shape index (κ2) is 1.95. The molecule has 0 aliphatic carbocycles. The lowest BCUT2D eigenvalue weighted by atomic mass is 10.2. The Hall–Kier alpha value is -0.570. The number of rotatable bonds is 0. The van der Waals surface area contributed by atoms with Crippen molar-refractivity contribution in [2.24, 2.45) is 0 Å². The summed E-state index contributed by atoms with van der Waals surface area (Å²) in [4.78, 5) is 3.16. The van der Waals surface area contributed by atoms with Gasteiger partial charge in [0.25, 0.3) is 0 Å². The molecule has 10 heavy (non-hydrogen) atoms. The predicted molar refractivity (Wildman–Crippen MR) is 42.7 cm³/mol. The molecule has 0 saturated carbocycles. The molecule has 1 aromatic rings. The van der Waals surface area contributed by atoms with Crippen molar-refractivity contribution in [3.63, 3.8) is 0 Å². The highest BCUT2D eigenvalue weighted by Gasteiger charge is 2.13. The fraction of sp³-hybridized carbons (Fsp3) is 0.571. The van der Waals surface area contributed by atoms with Crippen LogP contribution in [-0.4, -0.2) is 9.55 Å². The second-order valence-corrected chi connectivity index (χ2v) is 3.14. The van der Waals surface area contributed by atoms with E-state index in [4.69, 9.17) is 12.2 Å². The third kappa shape index (κ3) is 0.669. The smallest absolute Gasteiger partial charge is 0.177 e. The Morgan fingerprint density at radius 2 is 2.40 bits per heavy atom. The lowest BCUT2D eigenvalue weighted by Crippen LogP contribution is -1.90. The van der Waals surface area contributed by atoms with Crippen molar-refractivity contribution in [3.05, 3.63) is 16.2 Å². The maximum absolute atomic E-state index is 5.11. The summed E-state index contributed by atoms with van der Waals surface area (Å²) in [6.45, 7) is 3.20. The van der Waals surface area contributed by atoms with Crippen molar-refractivity contribution in [3.8, 4) is 0 Å². The van der Waals surface area contributed by atoms with E-state index in [0.717, 1.165) is 11.3 Å². The van der Waals surface area contributed by atoms with Gasteiger partial charge in [0, 0.05) is 17.9 Å². The SMILES string of the molecule is Cc1[nH]c(=S)n2c1CCC2. The van der Waals surface area contributed by atoms with Crippen LogP contribution in [0, 0.1) is 11.7 Å². The molecule has 2 nitrogen and oxygen atoms in total. The first-order valence-corrected chi connectivity index (χ1v) is 3.98. The van der Waals surface area contributed by atoms with Crippen LogP contribution in [-0.2, 0) is 13.0 Å². The van der Waals surface area contributed by atoms with Crippen LogP contribution >= 0.6 is 12.2 Å². The molecule has 0 aromatic carbocycles. The fourth-order valence-corrected chi connectivity index (χ4v) is 1.94. The Bertz CT molecular complexity index is 308. The topological polar surface area (TPSA) is 20.7 Å². The molecule has 3 heteroatoms. The molecule has 0 fully saturated rings. The molecular weight excluding hydrogens is 144 g/mol. The molecule has 2 rings (SSSR count). The minimum atomic E-state index is 0.894. The summed E-state index contributed by atoms with van der Waals surface area (Å²) < 4.78 is 3.09. The van der Waals surface area contributed by atoms with Crippen LogP contribution in [0.25, 0.3) is 0 Å². The van der Waals surface area contributed by atoms with Crippen LogP contribution in [0.5, 0.6) is 0 Å². The van der Waals surface area contributed by atoms with Gasteiger partial charge in [-0.2, -0.15) is 0 Å². The highest BCUT2D eigenvalue weighted by molar-refractivity contribution is 7.71. The maximum atomic E-state index is 5.11. The molecule has 1 aromatic heterocycles. The van der Waals surface area contributed by atoms with Crippen molar-refractivity contribution in [2.45, 2.75) is 26.3 Å². The van der Waals surface area contributed by atoms with Crippen molar-refractivity contribution in [1.82, 2.24) is 9.55 Å². The zero-order chi connectivity index (χ0) is 7.14. The number of nitrogens with zero attached hydrogens (tertiary/aromatic N) is 1. The summed E-state index contributed by atoms with van der Waals surface area (Å²) in [6, 6.07) is 0. The van der Waals surface area contributed by atoms with Gasteiger partial charge in [-0.25, -0.2) is 0 Å². The maximum Gasteiger partial charge on any atom is 0.177 e. The van der Waals surface area contributed by atoms with Gasteiger partial charge in [0.15, 0.2) is 4.77 Å². The largest absolute Gasteiger partial charge is 0.335 e. The van der Waals surface area contributed by atoms with Gasteiger partial charge in [-0.3, -0.25) is 0 Å². The molecule has 2 heterocycles. The lowest BCUT2D eigenvalue weighted by Gasteiger charge is -1.91. The number of nitrogens with one attached hydrogen (secondary N) is 1. The number of aromatic amines is 1. The lowest BCUT2D eigenvalue weighted by molar-refractivity contribution is 0.731. The molecule has 0 radical (unpaired) electrons. The summed E-state index contributed by atoms with van der Waals surface area (Å²) in [5, 5.41) is 0. The highest BCUT2D eigenvalue weighted by Crippen LogP contribution is 2.17. The third-order valence-electron chi connectivity index (χ3n) is 2.09. The molecular formula is C7H10N2S. The van der Waals surface area contributed by atoms with Gasteiger partial charge in [0.05, 0.1) is 0 Å². The fourth-order valence-electron chi connectivity index (χ4n) is 1.59. The average molecular weight is 154 g/mol. The first kappa shape index (κ1) is 6.16. The Morgan fingerprint density at radius 3 is 3.10 bits per heavy atom. The number of aromatic nitrogens is 2. The summed E-state index contributed by atoms with van der Waals surface area (Å²) in [5.41, 5.74) is 2.66. The Balaban J connectivity index is 2.73. The van der Waals surface area contributed by atoms with Gasteiger partial charge >= 0.3 is 0 Å². The number of imidazole rings is 1. The van der Waals surface area contributed by atoms with Crippen molar-refractivity contribution < 1.29 is 0 Å². The zero-order valence-electron chi connectivity index (χ0n) is 5.98. The van der Waals surface area contributed by atoms with Crippen LogP contribution < -0.4 is 0 Å². The van der Waals surface area contributed by atoms with E-state index in [2.05, 4.69) is 16.5 Å². The molecule has 0 unspecified atom stereocenters. The molecule has 1 aliphatic heterocycles. The van der Waals surface area contributed by atoms with Crippen LogP contribution in [0.2, 0.25) is 0 Å². The molecule has 0 saturated heterocycles. The molecule has 0 bridgehead atoms. The van der Waals surface area contributed by atoms with Crippen molar-refractivity contribution in [1.29, 1.82) is 0 Å². The van der Waals surface area contributed by atoms with Gasteiger partial charge in [0.2, 0.25) is 0 Å². The summed E-state index contributed by atoms with van der Waals surface area (Å²) in [7, 11) is 0. The first-order valence-electron chi connectivity index (χ1n) is 3.57.